The van der Waals surface area contributed by atoms with Crippen LogP contribution < -0.4 is 0 Å². The minimum absolute atomic E-state index is 0.341. The predicted molar refractivity (Wildman–Crippen MR) is 96.5 cm³/mol. The summed E-state index contributed by atoms with van der Waals surface area (Å²) < 4.78 is 7.85. The van der Waals surface area contributed by atoms with Crippen molar-refractivity contribution in [1.29, 1.82) is 0 Å². The minimum Gasteiger partial charge on any atom is -0.376 e. The largest absolute Gasteiger partial charge is 0.376 e. The molecule has 130 valence electrons. The fraction of sp³-hybridized carbons (Fsp3) is 0.526. The maximum Gasteiger partial charge on any atom is 0.0714 e. The van der Waals surface area contributed by atoms with Crippen LogP contribution in [0.1, 0.15) is 17.5 Å². The van der Waals surface area contributed by atoms with Crippen LogP contribution in [0.25, 0.3) is 5.69 Å². The highest BCUT2D eigenvalue weighted by molar-refractivity contribution is 5.33. The highest BCUT2D eigenvalue weighted by Gasteiger charge is 2.20. The van der Waals surface area contributed by atoms with Crippen LogP contribution in [0.15, 0.2) is 36.7 Å². The van der Waals surface area contributed by atoms with Gasteiger partial charge in [0.25, 0.3) is 0 Å². The number of benzene rings is 1. The van der Waals surface area contributed by atoms with E-state index in [-0.39, 0.29) is 0 Å². The van der Waals surface area contributed by atoms with E-state index in [1.54, 1.807) is 0 Å². The molecule has 0 spiro atoms. The number of hydrogen-bond donors (Lipinski definition) is 0. The van der Waals surface area contributed by atoms with E-state index in [1.807, 2.05) is 10.9 Å². The smallest absolute Gasteiger partial charge is 0.0714 e. The monoisotopic (exact) mass is 328 g/mol. The number of ether oxygens (including phenoxy) is 1. The normalized spacial score (nSPS) is 19.1. The molecule has 0 bridgehead atoms. The lowest BCUT2D eigenvalue weighted by atomic mass is 10.2. The van der Waals surface area contributed by atoms with Crippen molar-refractivity contribution >= 4 is 0 Å². The number of aryl methyl sites for hydroxylation is 1. The minimum atomic E-state index is 0.341. The Morgan fingerprint density at radius 1 is 1.25 bits per heavy atom. The fourth-order valence-corrected chi connectivity index (χ4v) is 3.04. The SMILES string of the molecule is Cc1ccc(-n2cc(CN3CCOC(CCN(C)C)C3)cn2)cc1. The molecule has 2 heterocycles. The van der Waals surface area contributed by atoms with Gasteiger partial charge in [-0.25, -0.2) is 4.68 Å². The standard InChI is InChI=1S/C19H28N4O/c1-16-4-6-18(7-5-16)23-14-17(12-20-23)13-22-10-11-24-19(15-22)8-9-21(2)3/h4-7,12,14,19H,8-11,13,15H2,1-3H3. The zero-order chi connectivity index (χ0) is 16.9. The molecule has 0 N–H and O–H groups in total. The summed E-state index contributed by atoms with van der Waals surface area (Å²) in [5.74, 6) is 0. The Balaban J connectivity index is 1.57. The van der Waals surface area contributed by atoms with Gasteiger partial charge in [-0.2, -0.15) is 5.10 Å². The maximum absolute atomic E-state index is 5.89. The van der Waals surface area contributed by atoms with Crippen LogP contribution in [-0.4, -0.2) is 66.0 Å². The fourth-order valence-electron chi connectivity index (χ4n) is 3.04. The lowest BCUT2D eigenvalue weighted by Gasteiger charge is -2.33. The second-order valence-electron chi connectivity index (χ2n) is 6.95. The Hall–Kier alpha value is -1.69. The van der Waals surface area contributed by atoms with E-state index in [0.717, 1.165) is 44.9 Å². The van der Waals surface area contributed by atoms with Gasteiger partial charge in [-0.1, -0.05) is 17.7 Å². The molecular formula is C19H28N4O. The molecule has 1 atom stereocenters. The second-order valence-corrected chi connectivity index (χ2v) is 6.95. The number of hydrogen-bond acceptors (Lipinski definition) is 4. The van der Waals surface area contributed by atoms with Gasteiger partial charge in [-0.3, -0.25) is 4.90 Å². The first-order chi connectivity index (χ1) is 11.6. The Bertz CT molecular complexity index is 635. The van der Waals surface area contributed by atoms with Crippen molar-refractivity contribution in [2.45, 2.75) is 26.0 Å². The van der Waals surface area contributed by atoms with Crippen molar-refractivity contribution in [3.8, 4) is 5.69 Å². The Kier molecular flexibility index (Phi) is 5.66. The summed E-state index contributed by atoms with van der Waals surface area (Å²) >= 11 is 0. The van der Waals surface area contributed by atoms with Gasteiger partial charge in [0.15, 0.2) is 0 Å². The summed E-state index contributed by atoms with van der Waals surface area (Å²) in [6.45, 7) is 6.93. The van der Waals surface area contributed by atoms with Crippen molar-refractivity contribution in [2.24, 2.45) is 0 Å². The topological polar surface area (TPSA) is 33.5 Å². The van der Waals surface area contributed by atoms with Gasteiger partial charge >= 0.3 is 0 Å². The quantitative estimate of drug-likeness (QED) is 0.815. The summed E-state index contributed by atoms with van der Waals surface area (Å²) in [4.78, 5) is 4.69. The molecule has 0 amide bonds. The first-order valence-corrected chi connectivity index (χ1v) is 8.69. The van der Waals surface area contributed by atoms with Gasteiger partial charge in [0, 0.05) is 37.9 Å². The van der Waals surface area contributed by atoms with Gasteiger partial charge in [0.2, 0.25) is 0 Å². The van der Waals surface area contributed by atoms with Crippen LogP contribution in [-0.2, 0) is 11.3 Å². The molecule has 1 aliphatic rings. The molecule has 5 heteroatoms. The van der Waals surface area contributed by atoms with Crippen molar-refractivity contribution in [2.75, 3.05) is 40.3 Å². The van der Waals surface area contributed by atoms with Gasteiger partial charge in [0.1, 0.15) is 0 Å². The first kappa shape index (κ1) is 17.1. The van der Waals surface area contributed by atoms with Gasteiger partial charge in [0.05, 0.1) is 24.6 Å². The van der Waals surface area contributed by atoms with Crippen LogP contribution in [0, 0.1) is 6.92 Å². The molecule has 2 aromatic rings. The molecule has 24 heavy (non-hydrogen) atoms. The van der Waals surface area contributed by atoms with E-state index in [1.165, 1.54) is 11.1 Å². The molecule has 1 saturated heterocycles. The molecule has 1 unspecified atom stereocenters. The lowest BCUT2D eigenvalue weighted by Crippen LogP contribution is -2.42. The van der Waals surface area contributed by atoms with Crippen molar-refractivity contribution in [3.05, 3.63) is 47.8 Å². The van der Waals surface area contributed by atoms with Crippen molar-refractivity contribution in [1.82, 2.24) is 19.6 Å². The average molecular weight is 328 g/mol. The molecule has 5 nitrogen and oxygen atoms in total. The Morgan fingerprint density at radius 3 is 2.79 bits per heavy atom. The molecule has 0 aliphatic carbocycles. The molecule has 0 radical (unpaired) electrons. The van der Waals surface area contributed by atoms with Crippen LogP contribution >= 0.6 is 0 Å². The molecule has 0 saturated carbocycles. The van der Waals surface area contributed by atoms with Crippen LogP contribution in [0.2, 0.25) is 0 Å². The highest BCUT2D eigenvalue weighted by atomic mass is 16.5. The number of nitrogens with zero attached hydrogens (tertiary/aromatic N) is 4. The van der Waals surface area contributed by atoms with E-state index >= 15 is 0 Å². The number of rotatable bonds is 6. The van der Waals surface area contributed by atoms with Crippen LogP contribution in [0.5, 0.6) is 0 Å². The van der Waals surface area contributed by atoms with Crippen LogP contribution in [0.4, 0.5) is 0 Å². The predicted octanol–water partition coefficient (Wildman–Crippen LogP) is 2.33. The second kappa shape index (κ2) is 7.92. The van der Waals surface area contributed by atoms with E-state index < -0.39 is 0 Å². The lowest BCUT2D eigenvalue weighted by molar-refractivity contribution is -0.0370. The average Bonchev–Trinajstić information content (AvgIpc) is 3.02. The molecule has 1 aromatic heterocycles. The van der Waals surface area contributed by atoms with Crippen molar-refractivity contribution < 1.29 is 4.74 Å². The van der Waals surface area contributed by atoms with Crippen LogP contribution in [0.3, 0.4) is 0 Å². The van der Waals surface area contributed by atoms with E-state index in [9.17, 15) is 0 Å². The summed E-state index contributed by atoms with van der Waals surface area (Å²) in [5, 5.41) is 4.51. The van der Waals surface area contributed by atoms with Crippen molar-refractivity contribution in [3.63, 3.8) is 0 Å². The summed E-state index contributed by atoms with van der Waals surface area (Å²) in [6, 6.07) is 8.46. The molecular weight excluding hydrogens is 300 g/mol. The Labute approximate surface area is 144 Å². The third kappa shape index (κ3) is 4.66. The van der Waals surface area contributed by atoms with Gasteiger partial charge < -0.3 is 9.64 Å². The van der Waals surface area contributed by atoms with E-state index in [0.29, 0.717) is 6.10 Å². The molecule has 1 aliphatic heterocycles. The van der Waals surface area contributed by atoms with Gasteiger partial charge in [-0.15, -0.1) is 0 Å². The van der Waals surface area contributed by atoms with E-state index in [4.69, 9.17) is 4.74 Å². The maximum atomic E-state index is 5.89. The number of morpholine rings is 1. The van der Waals surface area contributed by atoms with Gasteiger partial charge in [-0.05, 0) is 39.6 Å². The molecule has 1 fully saturated rings. The summed E-state index contributed by atoms with van der Waals surface area (Å²) in [5.41, 5.74) is 3.63. The zero-order valence-corrected chi connectivity index (χ0v) is 15.0. The Morgan fingerprint density at radius 2 is 2.04 bits per heavy atom. The third-order valence-electron chi connectivity index (χ3n) is 4.46. The molecule has 1 aromatic carbocycles. The summed E-state index contributed by atoms with van der Waals surface area (Å²) in [7, 11) is 4.22. The highest BCUT2D eigenvalue weighted by Crippen LogP contribution is 2.14. The first-order valence-electron chi connectivity index (χ1n) is 8.69. The van der Waals surface area contributed by atoms with E-state index in [2.05, 4.69) is 66.4 Å². The summed E-state index contributed by atoms with van der Waals surface area (Å²) in [6.07, 6.45) is 5.54. The third-order valence-corrected chi connectivity index (χ3v) is 4.46. The number of aromatic nitrogens is 2. The zero-order valence-electron chi connectivity index (χ0n) is 15.0. The molecule has 3 rings (SSSR count).